The number of carbonyl (C=O) groups excluding carboxylic acids is 2. The van der Waals surface area contributed by atoms with E-state index in [0.29, 0.717) is 23.2 Å². The maximum atomic E-state index is 12.5. The van der Waals surface area contributed by atoms with E-state index in [1.54, 1.807) is 49.4 Å². The van der Waals surface area contributed by atoms with Gasteiger partial charge in [0, 0.05) is 16.8 Å². The molecular formula is C21H24N2O4. The Labute approximate surface area is 158 Å². The molecule has 0 heterocycles. The first-order chi connectivity index (χ1) is 12.8. The van der Waals surface area contributed by atoms with Crippen LogP contribution >= 0.6 is 0 Å². The molecule has 0 fully saturated rings. The number of hydrogen-bond acceptors (Lipinski definition) is 3. The van der Waals surface area contributed by atoms with Gasteiger partial charge in [-0.05, 0) is 42.7 Å². The average molecular weight is 368 g/mol. The molecule has 3 N–H and O–H groups in total. The number of aliphatic carboxylic acids is 1. The highest BCUT2D eigenvalue weighted by Crippen LogP contribution is 2.19. The molecule has 27 heavy (non-hydrogen) atoms. The second-order valence-electron chi connectivity index (χ2n) is 6.52. The molecule has 6 heteroatoms. The number of rotatable bonds is 7. The van der Waals surface area contributed by atoms with Crippen molar-refractivity contribution in [2.75, 3.05) is 5.32 Å². The first kappa shape index (κ1) is 20.2. The van der Waals surface area contributed by atoms with Gasteiger partial charge < -0.3 is 15.7 Å². The van der Waals surface area contributed by atoms with E-state index in [1.807, 2.05) is 19.9 Å². The van der Waals surface area contributed by atoms with Crippen LogP contribution in [-0.4, -0.2) is 28.9 Å². The van der Waals surface area contributed by atoms with Crippen LogP contribution in [0.25, 0.3) is 0 Å². The minimum absolute atomic E-state index is 0.200. The maximum Gasteiger partial charge on any atom is 0.326 e. The molecule has 0 aliphatic heterocycles. The van der Waals surface area contributed by atoms with Gasteiger partial charge in [0.1, 0.15) is 6.04 Å². The van der Waals surface area contributed by atoms with Gasteiger partial charge in [-0.15, -0.1) is 0 Å². The highest BCUT2D eigenvalue weighted by atomic mass is 16.4. The summed E-state index contributed by atoms with van der Waals surface area (Å²) in [5.41, 5.74) is 2.10. The van der Waals surface area contributed by atoms with E-state index in [1.165, 1.54) is 0 Å². The Morgan fingerprint density at radius 1 is 1.00 bits per heavy atom. The van der Waals surface area contributed by atoms with Gasteiger partial charge in [-0.3, -0.25) is 9.59 Å². The van der Waals surface area contributed by atoms with Crippen LogP contribution in [0.1, 0.15) is 46.5 Å². The van der Waals surface area contributed by atoms with Crippen LogP contribution in [-0.2, 0) is 4.79 Å². The normalized spacial score (nSPS) is 12.7. The van der Waals surface area contributed by atoms with Gasteiger partial charge in [-0.2, -0.15) is 0 Å². The Hall–Kier alpha value is -3.15. The number of carboxylic acids is 1. The van der Waals surface area contributed by atoms with Crippen LogP contribution in [0.2, 0.25) is 0 Å². The number of benzene rings is 2. The average Bonchev–Trinajstić information content (AvgIpc) is 2.67. The number of carboxylic acid groups (broad SMARTS) is 1. The predicted molar refractivity (Wildman–Crippen MR) is 104 cm³/mol. The molecule has 0 aliphatic carbocycles. The molecule has 0 saturated heterocycles. The van der Waals surface area contributed by atoms with E-state index in [2.05, 4.69) is 10.6 Å². The first-order valence-electron chi connectivity index (χ1n) is 8.84. The van der Waals surface area contributed by atoms with E-state index in [0.717, 1.165) is 5.56 Å². The smallest absolute Gasteiger partial charge is 0.326 e. The number of amides is 2. The summed E-state index contributed by atoms with van der Waals surface area (Å²) in [6.45, 7) is 5.47. The lowest BCUT2D eigenvalue weighted by molar-refractivity contribution is -0.140. The summed E-state index contributed by atoms with van der Waals surface area (Å²) in [4.78, 5) is 36.3. The van der Waals surface area contributed by atoms with Crippen molar-refractivity contribution in [3.63, 3.8) is 0 Å². The molecule has 0 spiro atoms. The second-order valence-corrected chi connectivity index (χ2v) is 6.52. The summed E-state index contributed by atoms with van der Waals surface area (Å²) in [7, 11) is 0. The topological polar surface area (TPSA) is 95.5 Å². The SMILES string of the molecule is CC[C@H](C)[C@H](NC(=O)c1ccc(C)c(NC(=O)c2ccccc2)c1)C(=O)O. The fraction of sp³-hybridized carbons (Fsp3) is 0.286. The summed E-state index contributed by atoms with van der Waals surface area (Å²) >= 11 is 0. The van der Waals surface area contributed by atoms with Crippen molar-refractivity contribution in [3.8, 4) is 0 Å². The van der Waals surface area contributed by atoms with Crippen molar-refractivity contribution >= 4 is 23.5 Å². The van der Waals surface area contributed by atoms with E-state index in [-0.39, 0.29) is 11.8 Å². The second kappa shape index (κ2) is 8.98. The highest BCUT2D eigenvalue weighted by Gasteiger charge is 2.26. The quantitative estimate of drug-likeness (QED) is 0.697. The van der Waals surface area contributed by atoms with Crippen LogP contribution < -0.4 is 10.6 Å². The molecule has 0 aromatic heterocycles. The fourth-order valence-electron chi connectivity index (χ4n) is 2.59. The zero-order chi connectivity index (χ0) is 20.0. The summed E-state index contributed by atoms with van der Waals surface area (Å²) in [6.07, 6.45) is 0.628. The number of anilines is 1. The molecule has 0 saturated carbocycles. The van der Waals surface area contributed by atoms with Gasteiger partial charge in [-0.25, -0.2) is 4.79 Å². The number of aryl methyl sites for hydroxylation is 1. The Kier molecular flexibility index (Phi) is 6.71. The molecule has 0 bridgehead atoms. The molecule has 2 rings (SSSR count). The Bertz CT molecular complexity index is 833. The fourth-order valence-corrected chi connectivity index (χ4v) is 2.59. The third-order valence-electron chi connectivity index (χ3n) is 4.55. The van der Waals surface area contributed by atoms with Crippen LogP contribution in [0.4, 0.5) is 5.69 Å². The largest absolute Gasteiger partial charge is 0.480 e. The Morgan fingerprint density at radius 3 is 2.26 bits per heavy atom. The Morgan fingerprint density at radius 2 is 1.67 bits per heavy atom. The summed E-state index contributed by atoms with van der Waals surface area (Å²) < 4.78 is 0. The monoisotopic (exact) mass is 368 g/mol. The summed E-state index contributed by atoms with van der Waals surface area (Å²) in [6, 6.07) is 12.7. The predicted octanol–water partition coefficient (Wildman–Crippen LogP) is 3.48. The molecular weight excluding hydrogens is 344 g/mol. The van der Waals surface area contributed by atoms with Gasteiger partial charge in [0.05, 0.1) is 0 Å². The van der Waals surface area contributed by atoms with Crippen molar-refractivity contribution in [3.05, 3.63) is 65.2 Å². The molecule has 2 amide bonds. The van der Waals surface area contributed by atoms with Crippen LogP contribution in [0, 0.1) is 12.8 Å². The molecule has 6 nitrogen and oxygen atoms in total. The first-order valence-corrected chi connectivity index (χ1v) is 8.84. The van der Waals surface area contributed by atoms with Gasteiger partial charge >= 0.3 is 5.97 Å². The van der Waals surface area contributed by atoms with E-state index < -0.39 is 17.9 Å². The minimum atomic E-state index is -1.07. The highest BCUT2D eigenvalue weighted by molar-refractivity contribution is 6.05. The van der Waals surface area contributed by atoms with Gasteiger partial charge in [0.25, 0.3) is 11.8 Å². The third-order valence-corrected chi connectivity index (χ3v) is 4.55. The minimum Gasteiger partial charge on any atom is -0.480 e. The zero-order valence-corrected chi connectivity index (χ0v) is 15.7. The van der Waals surface area contributed by atoms with Crippen molar-refractivity contribution in [2.24, 2.45) is 5.92 Å². The summed E-state index contributed by atoms with van der Waals surface area (Å²) in [5.74, 6) is -2.03. The van der Waals surface area contributed by atoms with Crippen LogP contribution in [0.5, 0.6) is 0 Å². The van der Waals surface area contributed by atoms with E-state index in [9.17, 15) is 19.5 Å². The zero-order valence-electron chi connectivity index (χ0n) is 15.7. The molecule has 0 unspecified atom stereocenters. The van der Waals surface area contributed by atoms with Crippen molar-refractivity contribution in [1.29, 1.82) is 0 Å². The lowest BCUT2D eigenvalue weighted by atomic mass is 9.98. The summed E-state index contributed by atoms with van der Waals surface area (Å²) in [5, 5.41) is 14.7. The molecule has 0 aliphatic rings. The Balaban J connectivity index is 2.19. The van der Waals surface area contributed by atoms with E-state index >= 15 is 0 Å². The molecule has 2 atom stereocenters. The number of hydrogen-bond donors (Lipinski definition) is 3. The van der Waals surface area contributed by atoms with Crippen molar-refractivity contribution in [1.82, 2.24) is 5.32 Å². The van der Waals surface area contributed by atoms with Crippen molar-refractivity contribution in [2.45, 2.75) is 33.2 Å². The maximum absolute atomic E-state index is 12.5. The molecule has 142 valence electrons. The standard InChI is InChI=1S/C21H24N2O4/c1-4-13(2)18(21(26)27)23-20(25)16-11-10-14(3)17(12-16)22-19(24)15-8-6-5-7-9-15/h5-13,18H,4H2,1-3H3,(H,22,24)(H,23,25)(H,26,27)/t13-,18-/m0/s1. The van der Waals surface area contributed by atoms with Gasteiger partial charge in [-0.1, -0.05) is 44.5 Å². The van der Waals surface area contributed by atoms with Crippen molar-refractivity contribution < 1.29 is 19.5 Å². The van der Waals surface area contributed by atoms with Crippen LogP contribution in [0.3, 0.4) is 0 Å². The number of nitrogens with one attached hydrogen (secondary N) is 2. The lowest BCUT2D eigenvalue weighted by Gasteiger charge is -2.20. The number of carbonyl (C=O) groups is 3. The molecule has 0 radical (unpaired) electrons. The third kappa shape index (κ3) is 5.17. The van der Waals surface area contributed by atoms with E-state index in [4.69, 9.17) is 0 Å². The molecule has 2 aromatic carbocycles. The molecule has 2 aromatic rings. The van der Waals surface area contributed by atoms with Gasteiger partial charge in [0.2, 0.25) is 0 Å². The lowest BCUT2D eigenvalue weighted by Crippen LogP contribution is -2.45. The van der Waals surface area contributed by atoms with Gasteiger partial charge in [0.15, 0.2) is 0 Å². The van der Waals surface area contributed by atoms with Crippen LogP contribution in [0.15, 0.2) is 48.5 Å².